The number of hydrogen-bond acceptors (Lipinski definition) is 2. The Morgan fingerprint density at radius 2 is 1.57 bits per heavy atom. The number of carbonyl (C=O) groups is 2. The molecule has 0 unspecified atom stereocenters. The van der Waals surface area contributed by atoms with Gasteiger partial charge in [-0.3, -0.25) is 9.59 Å². The van der Waals surface area contributed by atoms with Crippen molar-refractivity contribution in [2.24, 2.45) is 0 Å². The van der Waals surface area contributed by atoms with Gasteiger partial charge in [-0.15, -0.1) is 0 Å². The van der Waals surface area contributed by atoms with Crippen LogP contribution in [0.2, 0.25) is 0 Å². The second-order valence-electron chi connectivity index (χ2n) is 5.78. The first-order valence-electron chi connectivity index (χ1n) is 7.95. The van der Waals surface area contributed by atoms with E-state index in [1.807, 2.05) is 47.4 Å². The van der Waals surface area contributed by atoms with Crippen molar-refractivity contribution in [3.8, 4) is 0 Å². The molecule has 4 heteroatoms. The summed E-state index contributed by atoms with van der Waals surface area (Å²) in [5.41, 5.74) is 2.33. The monoisotopic (exact) mass is 308 g/mol. The Kier molecular flexibility index (Phi) is 4.71. The van der Waals surface area contributed by atoms with Crippen molar-refractivity contribution in [2.75, 3.05) is 18.4 Å². The molecule has 0 bridgehead atoms. The van der Waals surface area contributed by atoms with E-state index in [9.17, 15) is 9.59 Å². The van der Waals surface area contributed by atoms with E-state index >= 15 is 0 Å². The number of anilines is 1. The zero-order valence-electron chi connectivity index (χ0n) is 13.0. The summed E-state index contributed by atoms with van der Waals surface area (Å²) in [5, 5.41) is 2.86. The quantitative estimate of drug-likeness (QED) is 0.943. The summed E-state index contributed by atoms with van der Waals surface area (Å²) in [6.07, 6.45) is 2.64. The zero-order chi connectivity index (χ0) is 16.1. The molecule has 1 aliphatic heterocycles. The maximum atomic E-state index is 12.1. The molecule has 0 radical (unpaired) electrons. The lowest BCUT2D eigenvalue weighted by Gasteiger charge is -2.15. The average Bonchev–Trinajstić information content (AvgIpc) is 3.12. The first-order valence-corrected chi connectivity index (χ1v) is 7.95. The highest BCUT2D eigenvalue weighted by Gasteiger charge is 2.17. The van der Waals surface area contributed by atoms with E-state index in [4.69, 9.17) is 0 Å². The Hall–Kier alpha value is -2.62. The van der Waals surface area contributed by atoms with Crippen LogP contribution in [0.25, 0.3) is 0 Å². The van der Waals surface area contributed by atoms with Gasteiger partial charge >= 0.3 is 0 Å². The van der Waals surface area contributed by atoms with E-state index in [1.165, 1.54) is 0 Å². The first kappa shape index (κ1) is 15.3. The normalized spacial score (nSPS) is 13.8. The second-order valence-corrected chi connectivity index (χ2v) is 5.78. The van der Waals surface area contributed by atoms with Crippen LogP contribution >= 0.6 is 0 Å². The topological polar surface area (TPSA) is 49.4 Å². The van der Waals surface area contributed by atoms with Gasteiger partial charge in [0, 0.05) is 24.3 Å². The van der Waals surface area contributed by atoms with E-state index in [-0.39, 0.29) is 11.8 Å². The highest BCUT2D eigenvalue weighted by Crippen LogP contribution is 2.14. The number of likely N-dealkylation sites (tertiary alicyclic amines) is 1. The Balaban J connectivity index is 1.58. The van der Waals surface area contributed by atoms with E-state index in [0.29, 0.717) is 12.0 Å². The Labute approximate surface area is 136 Å². The molecule has 2 aromatic rings. The van der Waals surface area contributed by atoms with Crippen molar-refractivity contribution in [3.05, 3.63) is 65.7 Å². The lowest BCUT2D eigenvalue weighted by Crippen LogP contribution is -2.29. The van der Waals surface area contributed by atoms with Gasteiger partial charge in [-0.1, -0.05) is 30.3 Å². The number of benzene rings is 2. The molecule has 0 aliphatic carbocycles. The van der Waals surface area contributed by atoms with Gasteiger partial charge in [0.25, 0.3) is 5.91 Å². The summed E-state index contributed by atoms with van der Waals surface area (Å²) in [6, 6.07) is 16.6. The number of hydrogen-bond donors (Lipinski definition) is 1. The summed E-state index contributed by atoms with van der Waals surface area (Å²) in [7, 11) is 0. The van der Waals surface area contributed by atoms with Crippen molar-refractivity contribution < 1.29 is 9.59 Å². The predicted octanol–water partition coefficient (Wildman–Crippen LogP) is 3.10. The smallest absolute Gasteiger partial charge is 0.255 e. The fraction of sp³-hybridized carbons (Fsp3) is 0.263. The van der Waals surface area contributed by atoms with Crippen LogP contribution in [0.15, 0.2) is 54.6 Å². The van der Waals surface area contributed by atoms with Crippen molar-refractivity contribution in [1.29, 1.82) is 0 Å². The van der Waals surface area contributed by atoms with Gasteiger partial charge in [-0.05, 0) is 42.7 Å². The van der Waals surface area contributed by atoms with Gasteiger partial charge in [0.05, 0.1) is 6.42 Å². The molecule has 2 amide bonds. The van der Waals surface area contributed by atoms with Crippen molar-refractivity contribution >= 4 is 17.5 Å². The third kappa shape index (κ3) is 3.97. The molecule has 0 saturated carbocycles. The van der Waals surface area contributed by atoms with Crippen LogP contribution in [0.3, 0.4) is 0 Å². The SMILES string of the molecule is O=C(Nc1ccc(CC(=O)N2CCCC2)cc1)c1ccccc1. The maximum absolute atomic E-state index is 12.1. The molecule has 23 heavy (non-hydrogen) atoms. The van der Waals surface area contributed by atoms with Gasteiger partial charge < -0.3 is 10.2 Å². The summed E-state index contributed by atoms with van der Waals surface area (Å²) in [6.45, 7) is 1.76. The van der Waals surface area contributed by atoms with Crippen molar-refractivity contribution in [2.45, 2.75) is 19.3 Å². The maximum Gasteiger partial charge on any atom is 0.255 e. The molecule has 1 heterocycles. The molecule has 118 valence electrons. The standard InChI is InChI=1S/C19H20N2O2/c22-18(21-12-4-5-13-21)14-15-8-10-17(11-9-15)20-19(23)16-6-2-1-3-7-16/h1-3,6-11H,4-5,12-14H2,(H,20,23). The largest absolute Gasteiger partial charge is 0.342 e. The molecule has 4 nitrogen and oxygen atoms in total. The fourth-order valence-corrected chi connectivity index (χ4v) is 2.75. The predicted molar refractivity (Wildman–Crippen MR) is 90.4 cm³/mol. The number of amides is 2. The van der Waals surface area contributed by atoms with Crippen LogP contribution in [0.1, 0.15) is 28.8 Å². The Morgan fingerprint density at radius 3 is 2.22 bits per heavy atom. The minimum Gasteiger partial charge on any atom is -0.342 e. The summed E-state index contributed by atoms with van der Waals surface area (Å²) in [4.78, 5) is 26.1. The first-order chi connectivity index (χ1) is 11.2. The summed E-state index contributed by atoms with van der Waals surface area (Å²) >= 11 is 0. The number of nitrogens with zero attached hydrogens (tertiary/aromatic N) is 1. The number of carbonyl (C=O) groups excluding carboxylic acids is 2. The number of rotatable bonds is 4. The molecule has 2 aromatic carbocycles. The molecule has 1 aliphatic rings. The van der Waals surface area contributed by atoms with Gasteiger partial charge in [-0.25, -0.2) is 0 Å². The fourth-order valence-electron chi connectivity index (χ4n) is 2.75. The molecule has 0 atom stereocenters. The van der Waals surface area contributed by atoms with E-state index in [0.717, 1.165) is 37.2 Å². The minimum absolute atomic E-state index is 0.133. The van der Waals surface area contributed by atoms with Crippen LogP contribution in [0.5, 0.6) is 0 Å². The number of nitrogens with one attached hydrogen (secondary N) is 1. The van der Waals surface area contributed by atoms with Gasteiger partial charge in [0.1, 0.15) is 0 Å². The highest BCUT2D eigenvalue weighted by molar-refractivity contribution is 6.04. The molecular formula is C19H20N2O2. The van der Waals surface area contributed by atoms with Crippen LogP contribution < -0.4 is 5.32 Å². The minimum atomic E-state index is -0.133. The van der Waals surface area contributed by atoms with E-state index in [1.54, 1.807) is 12.1 Å². The van der Waals surface area contributed by atoms with Gasteiger partial charge in [0.2, 0.25) is 5.91 Å². The average molecular weight is 308 g/mol. The third-order valence-corrected chi connectivity index (χ3v) is 4.06. The molecule has 1 saturated heterocycles. The second kappa shape index (κ2) is 7.09. The molecule has 1 N–H and O–H groups in total. The van der Waals surface area contributed by atoms with Crippen LogP contribution in [0, 0.1) is 0 Å². The Bertz CT molecular complexity index is 674. The van der Waals surface area contributed by atoms with Crippen molar-refractivity contribution in [1.82, 2.24) is 4.90 Å². The molecule has 1 fully saturated rings. The molecule has 0 spiro atoms. The lowest BCUT2D eigenvalue weighted by molar-refractivity contribution is -0.129. The van der Waals surface area contributed by atoms with Crippen molar-refractivity contribution in [3.63, 3.8) is 0 Å². The molecular weight excluding hydrogens is 288 g/mol. The van der Waals surface area contributed by atoms with E-state index < -0.39 is 0 Å². The molecule has 0 aromatic heterocycles. The Morgan fingerprint density at radius 1 is 0.913 bits per heavy atom. The highest BCUT2D eigenvalue weighted by atomic mass is 16.2. The van der Waals surface area contributed by atoms with Gasteiger partial charge in [-0.2, -0.15) is 0 Å². The van der Waals surface area contributed by atoms with E-state index in [2.05, 4.69) is 5.32 Å². The summed E-state index contributed by atoms with van der Waals surface area (Å²) in [5.74, 6) is 0.0510. The third-order valence-electron chi connectivity index (χ3n) is 4.06. The van der Waals surface area contributed by atoms with Crippen LogP contribution in [-0.4, -0.2) is 29.8 Å². The molecule has 3 rings (SSSR count). The van der Waals surface area contributed by atoms with Crippen LogP contribution in [-0.2, 0) is 11.2 Å². The van der Waals surface area contributed by atoms with Gasteiger partial charge in [0.15, 0.2) is 0 Å². The zero-order valence-corrected chi connectivity index (χ0v) is 13.0. The summed E-state index contributed by atoms with van der Waals surface area (Å²) < 4.78 is 0. The van der Waals surface area contributed by atoms with Crippen LogP contribution in [0.4, 0.5) is 5.69 Å². The lowest BCUT2D eigenvalue weighted by atomic mass is 10.1.